The molecule has 0 aliphatic carbocycles. The topological polar surface area (TPSA) is 45.7 Å². The molecule has 0 aromatic heterocycles. The van der Waals surface area contributed by atoms with E-state index in [-0.39, 0.29) is 0 Å². The van der Waals surface area contributed by atoms with Crippen molar-refractivity contribution in [3.8, 4) is 0 Å². The predicted molar refractivity (Wildman–Crippen MR) is 87.9 cm³/mol. The number of benzene rings is 1. The molecule has 2 bridgehead atoms. The lowest BCUT2D eigenvalue weighted by molar-refractivity contribution is 0.0992. The maximum atomic E-state index is 5.87. The van der Waals surface area contributed by atoms with Crippen molar-refractivity contribution in [2.24, 2.45) is 4.99 Å². The van der Waals surface area contributed by atoms with Gasteiger partial charge in [0.2, 0.25) is 0 Å². The number of hydrogen-bond donors (Lipinski definition) is 2. The molecular formula is C16H23N3OS. The second kappa shape index (κ2) is 6.71. The second-order valence-corrected chi connectivity index (χ2v) is 6.51. The van der Waals surface area contributed by atoms with Gasteiger partial charge in [-0.1, -0.05) is 12.1 Å². The normalized spacial score (nSPS) is 27.9. The summed E-state index contributed by atoms with van der Waals surface area (Å²) in [5.41, 5.74) is 1.26. The third kappa shape index (κ3) is 3.52. The Balaban J connectivity index is 1.50. The van der Waals surface area contributed by atoms with E-state index >= 15 is 0 Å². The summed E-state index contributed by atoms with van der Waals surface area (Å²) in [4.78, 5) is 5.61. The molecule has 2 N–H and O–H groups in total. The van der Waals surface area contributed by atoms with Gasteiger partial charge in [-0.3, -0.25) is 4.99 Å². The average molecular weight is 305 g/mol. The largest absolute Gasteiger partial charge is 0.373 e. The Labute approximate surface area is 130 Å². The number of nitrogens with zero attached hydrogens (tertiary/aromatic N) is 1. The van der Waals surface area contributed by atoms with Crippen molar-refractivity contribution in [1.29, 1.82) is 0 Å². The van der Waals surface area contributed by atoms with Crippen LogP contribution in [0.2, 0.25) is 0 Å². The van der Waals surface area contributed by atoms with Crippen LogP contribution in [0.4, 0.5) is 0 Å². The summed E-state index contributed by atoms with van der Waals surface area (Å²) in [6.45, 7) is 0.788. The standard InChI is InChI=1S/C16H23N3OS/c1-17-16(19-14-9-12-5-8-15(14)20-12)18-10-11-3-6-13(21-2)7-4-11/h3-4,6-7,12,14-15H,5,8-10H2,1-2H3,(H2,17,18,19). The zero-order valence-corrected chi connectivity index (χ0v) is 13.5. The SMILES string of the molecule is CN=C(NCc1ccc(SC)cc1)NC1CC2CCC1O2. The van der Waals surface area contributed by atoms with Crippen molar-refractivity contribution in [3.63, 3.8) is 0 Å². The zero-order valence-electron chi connectivity index (χ0n) is 12.6. The minimum Gasteiger partial charge on any atom is -0.373 e. The van der Waals surface area contributed by atoms with Gasteiger partial charge in [0, 0.05) is 18.5 Å². The van der Waals surface area contributed by atoms with Crippen LogP contribution in [0.3, 0.4) is 0 Å². The van der Waals surface area contributed by atoms with Gasteiger partial charge >= 0.3 is 0 Å². The van der Waals surface area contributed by atoms with Gasteiger partial charge in [-0.05, 0) is 43.2 Å². The molecule has 2 aliphatic rings. The van der Waals surface area contributed by atoms with E-state index in [1.165, 1.54) is 23.3 Å². The molecule has 114 valence electrons. The van der Waals surface area contributed by atoms with Crippen molar-refractivity contribution in [1.82, 2.24) is 10.6 Å². The quantitative estimate of drug-likeness (QED) is 0.509. The molecular weight excluding hydrogens is 282 g/mol. The fourth-order valence-electron chi connectivity index (χ4n) is 3.09. The summed E-state index contributed by atoms with van der Waals surface area (Å²) < 4.78 is 5.87. The molecule has 2 aliphatic heterocycles. The first kappa shape index (κ1) is 14.7. The molecule has 1 aromatic rings. The Hall–Kier alpha value is -1.20. The number of guanidine groups is 1. The molecule has 4 nitrogen and oxygen atoms in total. The third-order valence-electron chi connectivity index (χ3n) is 4.27. The van der Waals surface area contributed by atoms with Crippen LogP contribution in [-0.4, -0.2) is 37.5 Å². The van der Waals surface area contributed by atoms with Crippen molar-refractivity contribution < 1.29 is 4.74 Å². The fraction of sp³-hybridized carbons (Fsp3) is 0.562. The highest BCUT2D eigenvalue weighted by Crippen LogP contribution is 2.34. The van der Waals surface area contributed by atoms with E-state index in [0.29, 0.717) is 18.2 Å². The first-order chi connectivity index (χ1) is 10.3. The van der Waals surface area contributed by atoms with Crippen LogP contribution in [0.25, 0.3) is 0 Å². The molecule has 0 radical (unpaired) electrons. The molecule has 5 heteroatoms. The number of aliphatic imine (C=N–C) groups is 1. The van der Waals surface area contributed by atoms with Crippen molar-refractivity contribution in [2.45, 2.75) is 49.0 Å². The minimum absolute atomic E-state index is 0.370. The van der Waals surface area contributed by atoms with E-state index in [1.807, 2.05) is 7.05 Å². The molecule has 2 fully saturated rings. The Morgan fingerprint density at radius 2 is 2.14 bits per heavy atom. The van der Waals surface area contributed by atoms with Gasteiger partial charge in [-0.2, -0.15) is 0 Å². The lowest BCUT2D eigenvalue weighted by Gasteiger charge is -2.22. The molecule has 2 saturated heterocycles. The second-order valence-electron chi connectivity index (χ2n) is 5.63. The number of ether oxygens (including phenoxy) is 1. The van der Waals surface area contributed by atoms with Gasteiger partial charge in [-0.25, -0.2) is 0 Å². The first-order valence-corrected chi connectivity index (χ1v) is 8.76. The van der Waals surface area contributed by atoms with Gasteiger partial charge in [-0.15, -0.1) is 11.8 Å². The maximum absolute atomic E-state index is 5.87. The molecule has 1 aromatic carbocycles. The number of nitrogens with one attached hydrogen (secondary N) is 2. The molecule has 0 saturated carbocycles. The van der Waals surface area contributed by atoms with Crippen LogP contribution >= 0.6 is 11.8 Å². The zero-order chi connectivity index (χ0) is 14.7. The predicted octanol–water partition coefficient (Wildman–Crippen LogP) is 2.39. The number of fused-ring (bicyclic) bond motifs is 2. The van der Waals surface area contributed by atoms with Gasteiger partial charge in [0.05, 0.1) is 18.2 Å². The molecule has 0 amide bonds. The van der Waals surface area contributed by atoms with E-state index in [1.54, 1.807) is 11.8 Å². The Bertz CT molecular complexity index is 503. The van der Waals surface area contributed by atoms with Crippen LogP contribution in [0, 0.1) is 0 Å². The van der Waals surface area contributed by atoms with Crippen LogP contribution in [0.5, 0.6) is 0 Å². The summed E-state index contributed by atoms with van der Waals surface area (Å²) in [5, 5.41) is 6.89. The molecule has 2 heterocycles. The lowest BCUT2D eigenvalue weighted by atomic mass is 9.96. The summed E-state index contributed by atoms with van der Waals surface area (Å²) in [7, 11) is 1.82. The number of thioether (sulfide) groups is 1. The smallest absolute Gasteiger partial charge is 0.191 e. The van der Waals surface area contributed by atoms with E-state index in [0.717, 1.165) is 18.9 Å². The Kier molecular flexibility index (Phi) is 4.70. The highest BCUT2D eigenvalue weighted by molar-refractivity contribution is 7.98. The summed E-state index contributed by atoms with van der Waals surface area (Å²) in [6, 6.07) is 9.04. The first-order valence-electron chi connectivity index (χ1n) is 7.54. The number of hydrogen-bond acceptors (Lipinski definition) is 3. The summed E-state index contributed by atoms with van der Waals surface area (Å²) in [6.07, 6.45) is 6.43. The molecule has 0 spiro atoms. The van der Waals surface area contributed by atoms with E-state index in [2.05, 4.69) is 46.1 Å². The van der Waals surface area contributed by atoms with E-state index < -0.39 is 0 Å². The van der Waals surface area contributed by atoms with Gasteiger partial charge < -0.3 is 15.4 Å². The van der Waals surface area contributed by atoms with Crippen LogP contribution in [0.15, 0.2) is 34.2 Å². The van der Waals surface area contributed by atoms with Crippen LogP contribution in [0.1, 0.15) is 24.8 Å². The summed E-state index contributed by atoms with van der Waals surface area (Å²) >= 11 is 1.76. The fourth-order valence-corrected chi connectivity index (χ4v) is 3.50. The van der Waals surface area contributed by atoms with E-state index in [9.17, 15) is 0 Å². The average Bonchev–Trinajstić information content (AvgIpc) is 3.14. The summed E-state index contributed by atoms with van der Waals surface area (Å²) in [5.74, 6) is 0.866. The Morgan fingerprint density at radius 1 is 1.33 bits per heavy atom. The number of rotatable bonds is 4. The third-order valence-corrected chi connectivity index (χ3v) is 5.01. The molecule has 21 heavy (non-hydrogen) atoms. The highest BCUT2D eigenvalue weighted by Gasteiger charge is 2.41. The highest BCUT2D eigenvalue weighted by atomic mass is 32.2. The van der Waals surface area contributed by atoms with E-state index in [4.69, 9.17) is 4.74 Å². The van der Waals surface area contributed by atoms with Crippen LogP contribution in [-0.2, 0) is 11.3 Å². The van der Waals surface area contributed by atoms with Crippen molar-refractivity contribution >= 4 is 17.7 Å². The van der Waals surface area contributed by atoms with Gasteiger partial charge in [0.15, 0.2) is 5.96 Å². The van der Waals surface area contributed by atoms with Crippen molar-refractivity contribution in [3.05, 3.63) is 29.8 Å². The Morgan fingerprint density at radius 3 is 2.71 bits per heavy atom. The van der Waals surface area contributed by atoms with Crippen LogP contribution < -0.4 is 10.6 Å². The monoisotopic (exact) mass is 305 g/mol. The molecule has 3 rings (SSSR count). The van der Waals surface area contributed by atoms with Gasteiger partial charge in [0.1, 0.15) is 0 Å². The van der Waals surface area contributed by atoms with Gasteiger partial charge in [0.25, 0.3) is 0 Å². The maximum Gasteiger partial charge on any atom is 0.191 e. The van der Waals surface area contributed by atoms with Crippen molar-refractivity contribution in [2.75, 3.05) is 13.3 Å². The molecule has 3 unspecified atom stereocenters. The minimum atomic E-state index is 0.370. The lowest BCUT2D eigenvalue weighted by Crippen LogP contribution is -2.47. The molecule has 3 atom stereocenters.